The lowest BCUT2D eigenvalue weighted by atomic mass is 9.86. The Morgan fingerprint density at radius 3 is 2.69 bits per heavy atom. The molecule has 1 aliphatic carbocycles. The Labute approximate surface area is 173 Å². The van der Waals surface area contributed by atoms with E-state index >= 15 is 0 Å². The zero-order chi connectivity index (χ0) is 20.6. The molecule has 4 heteroatoms. The standard InChI is InChI=1S/C25H30N2O2/c1-3-4-15-29-24-14-13-19(21-10-6-7-11-22(21)24)16-20(17-26)25(28)27-23-12-8-5-9-18(23)2/h6-7,10-11,13-14,16,18,23H,3-5,8-9,12,15H2,1-2H3,(H,27,28)/b20-16+/t18-,23-/m0/s1. The summed E-state index contributed by atoms with van der Waals surface area (Å²) in [7, 11) is 0. The number of fused-ring (bicyclic) bond motifs is 1. The van der Waals surface area contributed by atoms with Crippen LogP contribution in [0.5, 0.6) is 5.75 Å². The van der Waals surface area contributed by atoms with Gasteiger partial charge >= 0.3 is 0 Å². The minimum Gasteiger partial charge on any atom is -0.493 e. The Morgan fingerprint density at radius 2 is 1.97 bits per heavy atom. The molecule has 0 unspecified atom stereocenters. The second kappa shape index (κ2) is 10.1. The fraction of sp³-hybridized carbons (Fsp3) is 0.440. The highest BCUT2D eigenvalue weighted by Gasteiger charge is 2.24. The molecule has 0 radical (unpaired) electrons. The molecule has 0 spiro atoms. The monoisotopic (exact) mass is 390 g/mol. The summed E-state index contributed by atoms with van der Waals surface area (Å²) < 4.78 is 5.94. The molecule has 152 valence electrons. The van der Waals surface area contributed by atoms with E-state index in [0.717, 1.165) is 54.2 Å². The number of unbranched alkanes of at least 4 members (excludes halogenated alkanes) is 1. The Morgan fingerprint density at radius 1 is 1.21 bits per heavy atom. The molecule has 1 aliphatic rings. The van der Waals surface area contributed by atoms with Crippen LogP contribution < -0.4 is 10.1 Å². The van der Waals surface area contributed by atoms with Crippen LogP contribution in [0.25, 0.3) is 16.8 Å². The van der Waals surface area contributed by atoms with Crippen LogP contribution >= 0.6 is 0 Å². The maximum Gasteiger partial charge on any atom is 0.262 e. The topological polar surface area (TPSA) is 62.1 Å². The largest absolute Gasteiger partial charge is 0.493 e. The molecule has 2 aromatic carbocycles. The van der Waals surface area contributed by atoms with Crippen LogP contribution in [0.15, 0.2) is 42.0 Å². The summed E-state index contributed by atoms with van der Waals surface area (Å²) in [6.07, 6.45) is 8.24. The van der Waals surface area contributed by atoms with Gasteiger partial charge in [0.25, 0.3) is 5.91 Å². The van der Waals surface area contributed by atoms with E-state index < -0.39 is 0 Å². The molecular weight excluding hydrogens is 360 g/mol. The number of hydrogen-bond donors (Lipinski definition) is 1. The van der Waals surface area contributed by atoms with Gasteiger partial charge in [-0.3, -0.25) is 4.79 Å². The van der Waals surface area contributed by atoms with Gasteiger partial charge in [-0.2, -0.15) is 5.26 Å². The zero-order valence-electron chi connectivity index (χ0n) is 17.4. The lowest BCUT2D eigenvalue weighted by Crippen LogP contribution is -2.41. The zero-order valence-corrected chi connectivity index (χ0v) is 17.4. The van der Waals surface area contributed by atoms with Crippen LogP contribution in [0.4, 0.5) is 0 Å². The highest BCUT2D eigenvalue weighted by molar-refractivity contribution is 6.04. The molecular formula is C25H30N2O2. The number of amides is 1. The summed E-state index contributed by atoms with van der Waals surface area (Å²) in [5.41, 5.74) is 0.999. The molecule has 0 heterocycles. The predicted molar refractivity (Wildman–Crippen MR) is 118 cm³/mol. The first-order valence-corrected chi connectivity index (χ1v) is 10.7. The van der Waals surface area contributed by atoms with E-state index in [0.29, 0.717) is 12.5 Å². The van der Waals surface area contributed by atoms with Crippen molar-refractivity contribution in [1.82, 2.24) is 5.32 Å². The number of hydrogen-bond acceptors (Lipinski definition) is 3. The molecule has 0 aromatic heterocycles. The van der Waals surface area contributed by atoms with Crippen molar-refractivity contribution in [2.45, 2.75) is 58.4 Å². The molecule has 1 saturated carbocycles. The first-order valence-electron chi connectivity index (χ1n) is 10.7. The van der Waals surface area contributed by atoms with E-state index in [1.807, 2.05) is 36.4 Å². The van der Waals surface area contributed by atoms with E-state index in [4.69, 9.17) is 4.74 Å². The smallest absolute Gasteiger partial charge is 0.262 e. The summed E-state index contributed by atoms with van der Waals surface area (Å²) in [6.45, 7) is 4.99. The van der Waals surface area contributed by atoms with Gasteiger partial charge in [0.05, 0.1) is 6.61 Å². The third kappa shape index (κ3) is 5.17. The SMILES string of the molecule is CCCCOc1ccc(/C=C(\C#N)C(=O)N[C@H]2CCCC[C@@H]2C)c2ccccc12. The maximum absolute atomic E-state index is 12.7. The minimum absolute atomic E-state index is 0.146. The van der Waals surface area contributed by atoms with Gasteiger partial charge in [0.1, 0.15) is 17.4 Å². The van der Waals surface area contributed by atoms with E-state index in [1.54, 1.807) is 6.08 Å². The number of nitriles is 1. The third-order valence-corrected chi connectivity index (χ3v) is 5.77. The Bertz CT molecular complexity index is 926. The number of carbonyl (C=O) groups is 1. The average molecular weight is 391 g/mol. The van der Waals surface area contributed by atoms with Gasteiger partial charge in [0.15, 0.2) is 0 Å². The second-order valence-electron chi connectivity index (χ2n) is 7.91. The number of nitrogens with one attached hydrogen (secondary N) is 1. The lowest BCUT2D eigenvalue weighted by molar-refractivity contribution is -0.118. The van der Waals surface area contributed by atoms with E-state index in [9.17, 15) is 10.1 Å². The van der Waals surface area contributed by atoms with Crippen molar-refractivity contribution in [3.8, 4) is 11.8 Å². The number of carbonyl (C=O) groups excluding carboxylic acids is 1. The summed E-state index contributed by atoms with van der Waals surface area (Å²) >= 11 is 0. The summed E-state index contributed by atoms with van der Waals surface area (Å²) in [4.78, 5) is 12.7. The van der Waals surface area contributed by atoms with Crippen LogP contribution in [-0.2, 0) is 4.79 Å². The van der Waals surface area contributed by atoms with Gasteiger partial charge in [-0.1, -0.05) is 63.4 Å². The van der Waals surface area contributed by atoms with Crippen molar-refractivity contribution in [3.63, 3.8) is 0 Å². The second-order valence-corrected chi connectivity index (χ2v) is 7.91. The minimum atomic E-state index is -0.279. The van der Waals surface area contributed by atoms with E-state index in [2.05, 4.69) is 25.2 Å². The number of rotatable bonds is 7. The van der Waals surface area contributed by atoms with Crippen LogP contribution in [0.3, 0.4) is 0 Å². The molecule has 1 amide bonds. The number of ether oxygens (including phenoxy) is 1. The van der Waals surface area contributed by atoms with E-state index in [-0.39, 0.29) is 17.5 Å². The molecule has 0 bridgehead atoms. The summed E-state index contributed by atoms with van der Waals surface area (Å²) in [6, 6.07) is 14.1. The van der Waals surface area contributed by atoms with Gasteiger partial charge in [0, 0.05) is 11.4 Å². The molecule has 2 atom stereocenters. The van der Waals surface area contributed by atoms with Gasteiger partial charge < -0.3 is 10.1 Å². The van der Waals surface area contributed by atoms with Gasteiger partial charge in [-0.05, 0) is 48.3 Å². The molecule has 1 fully saturated rings. The van der Waals surface area contributed by atoms with Crippen LogP contribution in [0.2, 0.25) is 0 Å². The predicted octanol–water partition coefficient (Wildman–Crippen LogP) is 5.62. The highest BCUT2D eigenvalue weighted by atomic mass is 16.5. The van der Waals surface area contributed by atoms with Crippen molar-refractivity contribution in [1.29, 1.82) is 5.26 Å². The van der Waals surface area contributed by atoms with Crippen molar-refractivity contribution in [3.05, 3.63) is 47.5 Å². The first kappa shape index (κ1) is 20.9. The third-order valence-electron chi connectivity index (χ3n) is 5.77. The van der Waals surface area contributed by atoms with Crippen molar-refractivity contribution < 1.29 is 9.53 Å². The van der Waals surface area contributed by atoms with Gasteiger partial charge in [-0.25, -0.2) is 0 Å². The van der Waals surface area contributed by atoms with Crippen LogP contribution in [-0.4, -0.2) is 18.6 Å². The molecule has 29 heavy (non-hydrogen) atoms. The Balaban J connectivity index is 1.86. The average Bonchev–Trinajstić information content (AvgIpc) is 2.74. The molecule has 1 N–H and O–H groups in total. The maximum atomic E-state index is 12.7. The number of benzene rings is 2. The fourth-order valence-electron chi connectivity index (χ4n) is 3.95. The summed E-state index contributed by atoms with van der Waals surface area (Å²) in [5, 5.41) is 14.7. The van der Waals surface area contributed by atoms with Crippen molar-refractivity contribution in [2.75, 3.05) is 6.61 Å². The van der Waals surface area contributed by atoms with Gasteiger partial charge in [0.2, 0.25) is 0 Å². The summed E-state index contributed by atoms with van der Waals surface area (Å²) in [5.74, 6) is 1.01. The molecule has 0 aliphatic heterocycles. The van der Waals surface area contributed by atoms with Gasteiger partial charge in [-0.15, -0.1) is 0 Å². The quantitative estimate of drug-likeness (QED) is 0.379. The normalized spacial score (nSPS) is 19.6. The lowest BCUT2D eigenvalue weighted by Gasteiger charge is -2.29. The van der Waals surface area contributed by atoms with Crippen molar-refractivity contribution >= 4 is 22.8 Å². The highest BCUT2D eigenvalue weighted by Crippen LogP contribution is 2.30. The first-order chi connectivity index (χ1) is 14.1. The Kier molecular flexibility index (Phi) is 7.30. The Hall–Kier alpha value is -2.80. The number of nitrogens with zero attached hydrogens (tertiary/aromatic N) is 1. The van der Waals surface area contributed by atoms with Crippen molar-refractivity contribution in [2.24, 2.45) is 5.92 Å². The fourth-order valence-corrected chi connectivity index (χ4v) is 3.95. The van der Waals surface area contributed by atoms with E-state index in [1.165, 1.54) is 6.42 Å². The van der Waals surface area contributed by atoms with Crippen LogP contribution in [0.1, 0.15) is 57.9 Å². The van der Waals surface area contributed by atoms with Crippen LogP contribution in [0, 0.1) is 17.2 Å². The molecule has 4 nitrogen and oxygen atoms in total. The molecule has 0 saturated heterocycles. The molecule has 2 aromatic rings. The molecule has 3 rings (SSSR count).